The molecule has 0 aliphatic carbocycles. The first-order valence-electron chi connectivity index (χ1n) is 3.81. The number of hydrogen-bond donors (Lipinski definition) is 1. The number of rotatable bonds is 3. The summed E-state index contributed by atoms with van der Waals surface area (Å²) in [6, 6.07) is 1.43. The van der Waals surface area contributed by atoms with Gasteiger partial charge in [0.25, 0.3) is 6.43 Å². The molecule has 0 bridgehead atoms. The van der Waals surface area contributed by atoms with Crippen molar-refractivity contribution in [1.29, 1.82) is 0 Å². The molecule has 0 saturated heterocycles. The van der Waals surface area contributed by atoms with E-state index in [1.807, 2.05) is 0 Å². The Hall–Kier alpha value is -0.500. The molecule has 0 spiro atoms. The van der Waals surface area contributed by atoms with Gasteiger partial charge in [-0.2, -0.15) is 0 Å². The largest absolute Gasteiger partial charge is 0.481 e. The average molecular weight is 314 g/mol. The van der Waals surface area contributed by atoms with E-state index in [4.69, 9.17) is 10.5 Å². The predicted molar refractivity (Wildman–Crippen MR) is 56.4 cm³/mol. The van der Waals surface area contributed by atoms with Gasteiger partial charge in [0.05, 0.1) is 12.7 Å². The van der Waals surface area contributed by atoms with Crippen LogP contribution in [0.15, 0.2) is 6.07 Å². The van der Waals surface area contributed by atoms with Gasteiger partial charge in [-0.15, -0.1) is 0 Å². The molecule has 14 heavy (non-hydrogen) atoms. The summed E-state index contributed by atoms with van der Waals surface area (Å²) in [6.07, 6.45) is -2.56. The quantitative estimate of drug-likeness (QED) is 0.686. The van der Waals surface area contributed by atoms with E-state index in [-0.39, 0.29) is 15.8 Å². The molecule has 1 rings (SSSR count). The minimum atomic E-state index is -2.56. The van der Waals surface area contributed by atoms with Gasteiger partial charge in [-0.1, -0.05) is 0 Å². The monoisotopic (exact) mass is 314 g/mol. The fraction of sp³-hybridized carbons (Fsp3) is 0.375. The van der Waals surface area contributed by atoms with E-state index in [0.717, 1.165) is 0 Å². The Morgan fingerprint density at radius 1 is 1.64 bits per heavy atom. The van der Waals surface area contributed by atoms with E-state index >= 15 is 0 Å². The van der Waals surface area contributed by atoms with Crippen LogP contribution in [0.25, 0.3) is 0 Å². The molecular weight excluding hydrogens is 305 g/mol. The summed E-state index contributed by atoms with van der Waals surface area (Å²) >= 11 is 1.75. The number of ether oxygens (including phenoxy) is 1. The van der Waals surface area contributed by atoms with Crippen molar-refractivity contribution in [1.82, 2.24) is 4.98 Å². The Kier molecular flexibility index (Phi) is 3.99. The number of nitrogens with two attached hydrogens (primary N) is 1. The van der Waals surface area contributed by atoms with Crippen LogP contribution >= 0.6 is 22.6 Å². The lowest BCUT2D eigenvalue weighted by Crippen LogP contribution is -2.07. The summed E-state index contributed by atoms with van der Waals surface area (Å²) in [5.74, 6) is 0.305. The summed E-state index contributed by atoms with van der Waals surface area (Å²) in [4.78, 5) is 3.85. The Morgan fingerprint density at radius 3 is 2.71 bits per heavy atom. The van der Waals surface area contributed by atoms with Crippen LogP contribution in [0, 0.1) is 3.70 Å². The maximum absolute atomic E-state index is 12.6. The molecule has 0 unspecified atom stereocenters. The van der Waals surface area contributed by atoms with Crippen LogP contribution in [0.2, 0.25) is 0 Å². The molecule has 78 valence electrons. The second-order valence-electron chi connectivity index (χ2n) is 2.53. The van der Waals surface area contributed by atoms with Crippen LogP contribution in [0.5, 0.6) is 5.88 Å². The molecule has 1 aromatic heterocycles. The topological polar surface area (TPSA) is 48.1 Å². The van der Waals surface area contributed by atoms with Crippen molar-refractivity contribution in [3.63, 3.8) is 0 Å². The lowest BCUT2D eigenvalue weighted by Gasteiger charge is -2.10. The molecule has 2 N–H and O–H groups in total. The molecule has 3 nitrogen and oxygen atoms in total. The van der Waals surface area contributed by atoms with E-state index in [1.54, 1.807) is 22.6 Å². The SMILES string of the molecule is COc1cc(CN)c(C(F)F)c(I)n1. The third-order valence-electron chi connectivity index (χ3n) is 1.72. The van der Waals surface area contributed by atoms with Gasteiger partial charge >= 0.3 is 0 Å². The highest BCUT2D eigenvalue weighted by atomic mass is 127. The molecule has 0 radical (unpaired) electrons. The number of pyridine rings is 1. The van der Waals surface area contributed by atoms with Crippen LogP contribution in [0.1, 0.15) is 17.6 Å². The number of alkyl halides is 2. The van der Waals surface area contributed by atoms with Gasteiger partial charge in [-0.3, -0.25) is 0 Å². The minimum Gasteiger partial charge on any atom is -0.481 e. The molecule has 0 aliphatic heterocycles. The van der Waals surface area contributed by atoms with Gasteiger partial charge in [0, 0.05) is 12.6 Å². The molecule has 0 amide bonds. The summed E-state index contributed by atoms with van der Waals surface area (Å²) < 4.78 is 30.2. The van der Waals surface area contributed by atoms with E-state index in [9.17, 15) is 8.78 Å². The van der Waals surface area contributed by atoms with Crippen LogP contribution in [0.4, 0.5) is 8.78 Å². The average Bonchev–Trinajstić information content (AvgIpc) is 2.15. The van der Waals surface area contributed by atoms with Crippen LogP contribution in [-0.4, -0.2) is 12.1 Å². The first-order valence-corrected chi connectivity index (χ1v) is 4.89. The minimum absolute atomic E-state index is 0.0502. The van der Waals surface area contributed by atoms with E-state index in [0.29, 0.717) is 11.4 Å². The van der Waals surface area contributed by atoms with Crippen molar-refractivity contribution in [3.05, 3.63) is 20.9 Å². The summed E-state index contributed by atoms with van der Waals surface area (Å²) in [7, 11) is 1.43. The number of nitrogens with zero attached hydrogens (tertiary/aromatic N) is 1. The molecule has 1 heterocycles. The smallest absolute Gasteiger partial charge is 0.266 e. The van der Waals surface area contributed by atoms with Crippen molar-refractivity contribution in [2.24, 2.45) is 5.73 Å². The maximum Gasteiger partial charge on any atom is 0.266 e. The molecule has 0 aromatic carbocycles. The highest BCUT2D eigenvalue weighted by Gasteiger charge is 2.18. The van der Waals surface area contributed by atoms with Gasteiger partial charge in [-0.25, -0.2) is 13.8 Å². The molecule has 6 heteroatoms. The summed E-state index contributed by atoms with van der Waals surface area (Å²) in [5.41, 5.74) is 5.63. The second-order valence-corrected chi connectivity index (χ2v) is 3.55. The van der Waals surface area contributed by atoms with Gasteiger partial charge in [-0.05, 0) is 28.2 Å². The Balaban J connectivity index is 3.27. The van der Waals surface area contributed by atoms with Crippen LogP contribution in [-0.2, 0) is 6.54 Å². The van der Waals surface area contributed by atoms with E-state index < -0.39 is 6.43 Å². The molecular formula is C8H9F2IN2O. The fourth-order valence-corrected chi connectivity index (χ4v) is 1.87. The third-order valence-corrected chi connectivity index (χ3v) is 2.54. The normalized spacial score (nSPS) is 10.7. The van der Waals surface area contributed by atoms with E-state index in [1.165, 1.54) is 13.2 Å². The number of methoxy groups -OCH3 is 1. The molecule has 0 fully saturated rings. The zero-order chi connectivity index (χ0) is 10.7. The first kappa shape index (κ1) is 11.6. The Morgan fingerprint density at radius 2 is 2.29 bits per heavy atom. The molecule has 0 atom stereocenters. The van der Waals surface area contributed by atoms with Crippen LogP contribution < -0.4 is 10.5 Å². The standard InChI is InChI=1S/C8H9F2IN2O/c1-14-5-2-4(3-12)6(7(9)10)8(11)13-5/h2,7H,3,12H2,1H3. The zero-order valence-corrected chi connectivity index (χ0v) is 9.59. The Labute approximate surface area is 93.8 Å². The van der Waals surface area contributed by atoms with Crippen molar-refractivity contribution in [2.75, 3.05) is 7.11 Å². The first-order chi connectivity index (χ1) is 6.60. The highest BCUT2D eigenvalue weighted by molar-refractivity contribution is 14.1. The number of aromatic nitrogens is 1. The van der Waals surface area contributed by atoms with Crippen molar-refractivity contribution >= 4 is 22.6 Å². The van der Waals surface area contributed by atoms with Crippen molar-refractivity contribution < 1.29 is 13.5 Å². The summed E-state index contributed by atoms with van der Waals surface area (Å²) in [5, 5.41) is 0. The van der Waals surface area contributed by atoms with Crippen molar-refractivity contribution in [3.8, 4) is 5.88 Å². The Bertz CT molecular complexity index is 333. The maximum atomic E-state index is 12.6. The fourth-order valence-electron chi connectivity index (χ4n) is 1.05. The lowest BCUT2D eigenvalue weighted by molar-refractivity contribution is 0.148. The zero-order valence-electron chi connectivity index (χ0n) is 7.43. The van der Waals surface area contributed by atoms with Gasteiger partial charge in [0.1, 0.15) is 3.70 Å². The van der Waals surface area contributed by atoms with Gasteiger partial charge < -0.3 is 10.5 Å². The molecule has 0 aliphatic rings. The number of hydrogen-bond acceptors (Lipinski definition) is 3. The second kappa shape index (κ2) is 4.83. The molecule has 1 aromatic rings. The van der Waals surface area contributed by atoms with Gasteiger partial charge in [0.15, 0.2) is 0 Å². The molecule has 0 saturated carbocycles. The third kappa shape index (κ3) is 2.30. The van der Waals surface area contributed by atoms with E-state index in [2.05, 4.69) is 4.98 Å². The lowest BCUT2D eigenvalue weighted by atomic mass is 10.1. The summed E-state index contributed by atoms with van der Waals surface area (Å²) in [6.45, 7) is 0.0502. The van der Waals surface area contributed by atoms with Crippen LogP contribution in [0.3, 0.4) is 0 Å². The predicted octanol–water partition coefficient (Wildman–Crippen LogP) is 2.09. The van der Waals surface area contributed by atoms with Gasteiger partial charge in [0.2, 0.25) is 5.88 Å². The highest BCUT2D eigenvalue weighted by Crippen LogP contribution is 2.29. The number of halogens is 3. The van der Waals surface area contributed by atoms with Crippen molar-refractivity contribution in [2.45, 2.75) is 13.0 Å².